The Bertz CT molecular complexity index is 931. The van der Waals surface area contributed by atoms with Crippen molar-refractivity contribution in [3.8, 4) is 0 Å². The van der Waals surface area contributed by atoms with Crippen molar-refractivity contribution in [1.29, 1.82) is 0 Å². The fraction of sp³-hybridized carbons (Fsp3) is 0.211. The highest BCUT2D eigenvalue weighted by Gasteiger charge is 2.10. The van der Waals surface area contributed by atoms with Gasteiger partial charge in [-0.15, -0.1) is 0 Å². The highest BCUT2D eigenvalue weighted by molar-refractivity contribution is 5.97. The molecular formula is C19H19N3O3. The van der Waals surface area contributed by atoms with Gasteiger partial charge in [0.2, 0.25) is 0 Å². The van der Waals surface area contributed by atoms with E-state index >= 15 is 0 Å². The molecule has 0 aliphatic carbocycles. The maximum Gasteiger partial charge on any atom is 0.335 e. The molecule has 1 aromatic heterocycles. The lowest BCUT2D eigenvalue weighted by Gasteiger charge is -2.06. The Morgan fingerprint density at radius 3 is 2.64 bits per heavy atom. The molecule has 0 aliphatic heterocycles. The number of hydrogen-bond donors (Lipinski definition) is 2. The van der Waals surface area contributed by atoms with Gasteiger partial charge in [0.25, 0.3) is 5.91 Å². The number of aryl methyl sites for hydroxylation is 2. The highest BCUT2D eigenvalue weighted by Crippen LogP contribution is 2.15. The number of carboxylic acids is 1. The molecule has 6 heteroatoms. The van der Waals surface area contributed by atoms with E-state index in [9.17, 15) is 9.59 Å². The number of nitrogens with zero attached hydrogens (tertiary/aromatic N) is 2. The average molecular weight is 337 g/mol. The predicted octanol–water partition coefficient (Wildman–Crippen LogP) is 2.63. The van der Waals surface area contributed by atoms with Crippen LogP contribution in [0, 0.1) is 0 Å². The predicted molar refractivity (Wildman–Crippen MR) is 94.8 cm³/mol. The quantitative estimate of drug-likeness (QED) is 0.677. The number of carboxylic acid groups (broad SMARTS) is 1. The summed E-state index contributed by atoms with van der Waals surface area (Å²) < 4.78 is 2.06. The molecule has 0 aliphatic rings. The first-order chi connectivity index (χ1) is 12.1. The van der Waals surface area contributed by atoms with Crippen molar-refractivity contribution in [3.63, 3.8) is 0 Å². The van der Waals surface area contributed by atoms with Gasteiger partial charge in [0.05, 0.1) is 16.6 Å². The first-order valence-corrected chi connectivity index (χ1v) is 8.08. The number of imidazole rings is 1. The van der Waals surface area contributed by atoms with Crippen molar-refractivity contribution in [2.45, 2.75) is 12.8 Å². The van der Waals surface area contributed by atoms with Gasteiger partial charge in [-0.25, -0.2) is 9.78 Å². The van der Waals surface area contributed by atoms with Crippen molar-refractivity contribution < 1.29 is 14.7 Å². The zero-order chi connectivity index (χ0) is 17.8. The first kappa shape index (κ1) is 16.7. The minimum absolute atomic E-state index is 0.104. The van der Waals surface area contributed by atoms with E-state index in [1.807, 2.05) is 31.3 Å². The molecule has 2 N–H and O–H groups in total. The van der Waals surface area contributed by atoms with Crippen LogP contribution in [-0.2, 0) is 13.5 Å². The van der Waals surface area contributed by atoms with E-state index in [1.165, 1.54) is 12.1 Å². The Balaban J connectivity index is 1.56. The number of carbonyl (C=O) groups excluding carboxylic acids is 1. The van der Waals surface area contributed by atoms with Gasteiger partial charge in [0.15, 0.2) is 0 Å². The minimum Gasteiger partial charge on any atom is -0.478 e. The molecule has 25 heavy (non-hydrogen) atoms. The molecule has 0 radical (unpaired) electrons. The summed E-state index contributed by atoms with van der Waals surface area (Å²) in [6.45, 7) is 0.499. The summed E-state index contributed by atoms with van der Waals surface area (Å²) in [5, 5.41) is 11.8. The molecule has 0 saturated heterocycles. The number of carbonyl (C=O) groups is 2. The van der Waals surface area contributed by atoms with Gasteiger partial charge in [0.1, 0.15) is 5.82 Å². The largest absolute Gasteiger partial charge is 0.478 e. The van der Waals surface area contributed by atoms with Crippen molar-refractivity contribution in [3.05, 3.63) is 65.5 Å². The average Bonchev–Trinajstić information content (AvgIpc) is 2.95. The standard InChI is InChI=1S/C19H19N3O3/c1-22-16-9-3-2-8-15(16)21-17(22)10-5-11-20-18(23)13-6-4-7-14(12-13)19(24)25/h2-4,6-9,12H,5,10-11H2,1H3,(H,20,23)(H,24,25). The number of nitrogens with one attached hydrogen (secondary N) is 1. The van der Waals surface area contributed by atoms with Crippen LogP contribution in [0.25, 0.3) is 11.0 Å². The Kier molecular flexibility index (Phi) is 4.79. The fourth-order valence-corrected chi connectivity index (χ4v) is 2.76. The number of hydrogen-bond acceptors (Lipinski definition) is 3. The summed E-state index contributed by atoms with van der Waals surface area (Å²) in [5.41, 5.74) is 2.51. The van der Waals surface area contributed by atoms with E-state index in [1.54, 1.807) is 12.1 Å². The topological polar surface area (TPSA) is 84.2 Å². The summed E-state index contributed by atoms with van der Waals surface area (Å²) in [6, 6.07) is 14.0. The second-order valence-electron chi connectivity index (χ2n) is 5.82. The van der Waals surface area contributed by atoms with Crippen LogP contribution in [0.5, 0.6) is 0 Å². The number of aromatic carboxylic acids is 1. The van der Waals surface area contributed by atoms with Gasteiger partial charge in [-0.2, -0.15) is 0 Å². The minimum atomic E-state index is -1.04. The van der Waals surface area contributed by atoms with Gasteiger partial charge >= 0.3 is 5.97 Å². The van der Waals surface area contributed by atoms with Gasteiger partial charge in [-0.3, -0.25) is 4.79 Å². The summed E-state index contributed by atoms with van der Waals surface area (Å²) in [5.74, 6) is -0.340. The van der Waals surface area contributed by atoms with E-state index in [-0.39, 0.29) is 11.5 Å². The van der Waals surface area contributed by atoms with Crippen LogP contribution in [-0.4, -0.2) is 33.1 Å². The van der Waals surface area contributed by atoms with E-state index in [0.29, 0.717) is 12.1 Å². The molecule has 0 spiro atoms. The van der Waals surface area contributed by atoms with Crippen LogP contribution in [0.1, 0.15) is 33.0 Å². The third-order valence-electron chi connectivity index (χ3n) is 4.11. The lowest BCUT2D eigenvalue weighted by molar-refractivity contribution is 0.0697. The molecule has 2 aromatic carbocycles. The fourth-order valence-electron chi connectivity index (χ4n) is 2.76. The first-order valence-electron chi connectivity index (χ1n) is 8.08. The molecule has 0 unspecified atom stereocenters. The Morgan fingerprint density at radius 2 is 1.88 bits per heavy atom. The number of amides is 1. The van der Waals surface area contributed by atoms with E-state index in [0.717, 1.165) is 29.7 Å². The normalized spacial score (nSPS) is 10.8. The summed E-state index contributed by atoms with van der Waals surface area (Å²) >= 11 is 0. The van der Waals surface area contributed by atoms with E-state index in [2.05, 4.69) is 14.9 Å². The molecule has 1 amide bonds. The molecule has 0 fully saturated rings. The number of para-hydroxylation sites is 2. The lowest BCUT2D eigenvalue weighted by Crippen LogP contribution is -2.25. The molecule has 1 heterocycles. The van der Waals surface area contributed by atoms with Crippen LogP contribution in [0.15, 0.2) is 48.5 Å². The monoisotopic (exact) mass is 337 g/mol. The van der Waals surface area contributed by atoms with Crippen molar-refractivity contribution in [1.82, 2.24) is 14.9 Å². The maximum atomic E-state index is 12.1. The molecule has 0 atom stereocenters. The smallest absolute Gasteiger partial charge is 0.335 e. The van der Waals surface area contributed by atoms with Gasteiger partial charge in [0, 0.05) is 25.6 Å². The summed E-state index contributed by atoms with van der Waals surface area (Å²) in [4.78, 5) is 27.7. The second-order valence-corrected chi connectivity index (χ2v) is 5.82. The van der Waals surface area contributed by atoms with Gasteiger partial charge in [-0.05, 0) is 36.8 Å². The number of fused-ring (bicyclic) bond motifs is 1. The van der Waals surface area contributed by atoms with Crippen molar-refractivity contribution in [2.24, 2.45) is 7.05 Å². The summed E-state index contributed by atoms with van der Waals surface area (Å²) in [7, 11) is 1.99. The van der Waals surface area contributed by atoms with Crippen molar-refractivity contribution >= 4 is 22.9 Å². The molecule has 0 saturated carbocycles. The number of aromatic nitrogens is 2. The Morgan fingerprint density at radius 1 is 1.12 bits per heavy atom. The third kappa shape index (κ3) is 3.68. The van der Waals surface area contributed by atoms with E-state index in [4.69, 9.17) is 5.11 Å². The van der Waals surface area contributed by atoms with Gasteiger partial charge < -0.3 is 15.0 Å². The van der Waals surface area contributed by atoms with Crippen LogP contribution in [0.3, 0.4) is 0 Å². The molecule has 3 aromatic rings. The SMILES string of the molecule is Cn1c(CCCNC(=O)c2cccc(C(=O)O)c2)nc2ccccc21. The zero-order valence-electron chi connectivity index (χ0n) is 13.9. The van der Waals surface area contributed by atoms with Crippen LogP contribution in [0.2, 0.25) is 0 Å². The molecule has 128 valence electrons. The third-order valence-corrected chi connectivity index (χ3v) is 4.11. The molecule has 6 nitrogen and oxygen atoms in total. The maximum absolute atomic E-state index is 12.1. The van der Waals surface area contributed by atoms with Crippen LogP contribution < -0.4 is 5.32 Å². The van der Waals surface area contributed by atoms with Crippen molar-refractivity contribution in [2.75, 3.05) is 6.54 Å². The lowest BCUT2D eigenvalue weighted by atomic mass is 10.1. The molecular weight excluding hydrogens is 318 g/mol. The zero-order valence-corrected chi connectivity index (χ0v) is 13.9. The molecule has 0 bridgehead atoms. The highest BCUT2D eigenvalue weighted by atomic mass is 16.4. The molecule has 3 rings (SSSR count). The Labute approximate surface area is 145 Å². The number of benzene rings is 2. The van der Waals surface area contributed by atoms with Crippen LogP contribution >= 0.6 is 0 Å². The van der Waals surface area contributed by atoms with E-state index < -0.39 is 5.97 Å². The van der Waals surface area contributed by atoms with Gasteiger partial charge in [-0.1, -0.05) is 18.2 Å². The second kappa shape index (κ2) is 7.17. The number of rotatable bonds is 6. The Hall–Kier alpha value is -3.15. The summed E-state index contributed by atoms with van der Waals surface area (Å²) in [6.07, 6.45) is 1.50. The van der Waals surface area contributed by atoms with Crippen LogP contribution in [0.4, 0.5) is 0 Å².